The molecule has 7 heteroatoms. The predicted molar refractivity (Wildman–Crippen MR) is 95.5 cm³/mol. The number of carbonyl (C=O) groups excluding carboxylic acids is 2. The highest BCUT2D eigenvalue weighted by molar-refractivity contribution is 5.94. The van der Waals surface area contributed by atoms with E-state index in [0.29, 0.717) is 6.54 Å². The molecule has 2 rings (SSSR count). The largest absolute Gasteiger partial charge is 0.452 e. The molecule has 0 spiro atoms. The Kier molecular flexibility index (Phi) is 7.28. The van der Waals surface area contributed by atoms with Gasteiger partial charge in [0.1, 0.15) is 11.3 Å². The molecule has 2 aromatic carbocycles. The normalized spacial score (nSPS) is 10.7. The lowest BCUT2D eigenvalue weighted by Crippen LogP contribution is -2.39. The van der Waals surface area contributed by atoms with Gasteiger partial charge in [-0.3, -0.25) is 4.79 Å². The molecule has 0 aliphatic heterocycles. The molecule has 5 nitrogen and oxygen atoms in total. The smallest absolute Gasteiger partial charge is 0.387 e. The second kappa shape index (κ2) is 9.66. The molecule has 0 N–H and O–H groups in total. The van der Waals surface area contributed by atoms with Crippen LogP contribution in [-0.2, 0) is 16.1 Å². The number of benzene rings is 2. The summed E-state index contributed by atoms with van der Waals surface area (Å²) in [5.74, 6) is -1.58. The molecule has 0 aromatic heterocycles. The Morgan fingerprint density at radius 1 is 1.00 bits per heavy atom. The Morgan fingerprint density at radius 2 is 1.63 bits per heavy atom. The molecule has 0 saturated heterocycles. The average Bonchev–Trinajstić information content (AvgIpc) is 2.64. The lowest BCUT2D eigenvalue weighted by Gasteiger charge is -2.26. The van der Waals surface area contributed by atoms with Gasteiger partial charge in [0.25, 0.3) is 5.91 Å². The Labute approximate surface area is 156 Å². The maximum Gasteiger partial charge on any atom is 0.387 e. The minimum Gasteiger partial charge on any atom is -0.452 e. The standard InChI is InChI=1S/C20H21F2NO4/c1-14(2)23(12-15-8-4-3-5-9-15)18(24)13-26-19(25)16-10-6-7-11-17(16)27-20(21)22/h3-11,14,20H,12-13H2,1-2H3. The van der Waals surface area contributed by atoms with Crippen LogP contribution in [0.1, 0.15) is 29.8 Å². The van der Waals surface area contributed by atoms with Crippen molar-refractivity contribution in [2.75, 3.05) is 6.61 Å². The number of hydrogen-bond acceptors (Lipinski definition) is 4. The van der Waals surface area contributed by atoms with E-state index in [4.69, 9.17) is 4.74 Å². The number of rotatable bonds is 8. The van der Waals surface area contributed by atoms with Crippen LogP contribution in [0.5, 0.6) is 5.75 Å². The third-order valence-electron chi connectivity index (χ3n) is 3.79. The SMILES string of the molecule is CC(C)N(Cc1ccccc1)C(=O)COC(=O)c1ccccc1OC(F)F. The fraction of sp³-hybridized carbons (Fsp3) is 0.300. The van der Waals surface area contributed by atoms with Crippen molar-refractivity contribution in [1.82, 2.24) is 4.90 Å². The van der Waals surface area contributed by atoms with Crippen molar-refractivity contribution in [3.05, 3.63) is 65.7 Å². The van der Waals surface area contributed by atoms with Gasteiger partial charge in [0.2, 0.25) is 0 Å². The average molecular weight is 377 g/mol. The van der Waals surface area contributed by atoms with Crippen molar-refractivity contribution in [3.8, 4) is 5.75 Å². The fourth-order valence-electron chi connectivity index (χ4n) is 2.46. The minimum absolute atomic E-state index is 0.106. The quantitative estimate of drug-likeness (QED) is 0.655. The van der Waals surface area contributed by atoms with E-state index in [-0.39, 0.29) is 23.3 Å². The van der Waals surface area contributed by atoms with Crippen LogP contribution in [0.15, 0.2) is 54.6 Å². The van der Waals surface area contributed by atoms with Gasteiger partial charge < -0.3 is 14.4 Å². The zero-order valence-electron chi connectivity index (χ0n) is 15.1. The number of para-hydroxylation sites is 1. The molecule has 0 saturated carbocycles. The van der Waals surface area contributed by atoms with Crippen molar-refractivity contribution in [2.45, 2.75) is 33.0 Å². The number of halogens is 2. The Hall–Kier alpha value is -2.96. The van der Waals surface area contributed by atoms with Crippen LogP contribution in [0.4, 0.5) is 8.78 Å². The molecule has 0 bridgehead atoms. The molecule has 0 unspecified atom stereocenters. The van der Waals surface area contributed by atoms with Gasteiger partial charge in [0.05, 0.1) is 0 Å². The monoisotopic (exact) mass is 377 g/mol. The molecular formula is C20H21F2NO4. The maximum absolute atomic E-state index is 12.5. The molecular weight excluding hydrogens is 356 g/mol. The van der Waals surface area contributed by atoms with Crippen molar-refractivity contribution in [3.63, 3.8) is 0 Å². The Bertz CT molecular complexity index is 766. The summed E-state index contributed by atoms with van der Waals surface area (Å²) < 4.78 is 34.2. The molecule has 0 atom stereocenters. The van der Waals surface area contributed by atoms with Gasteiger partial charge in [0.15, 0.2) is 6.61 Å². The van der Waals surface area contributed by atoms with E-state index < -0.39 is 19.2 Å². The summed E-state index contributed by atoms with van der Waals surface area (Å²) in [5, 5.41) is 0. The van der Waals surface area contributed by atoms with E-state index in [0.717, 1.165) is 5.56 Å². The highest BCUT2D eigenvalue weighted by Gasteiger charge is 2.21. The number of amides is 1. The molecule has 2 aromatic rings. The van der Waals surface area contributed by atoms with Crippen molar-refractivity contribution < 1.29 is 27.8 Å². The lowest BCUT2D eigenvalue weighted by molar-refractivity contribution is -0.137. The summed E-state index contributed by atoms with van der Waals surface area (Å²) >= 11 is 0. The summed E-state index contributed by atoms with van der Waals surface area (Å²) in [6.07, 6.45) is 0. The molecule has 0 radical (unpaired) electrons. The van der Waals surface area contributed by atoms with Crippen LogP contribution in [0.3, 0.4) is 0 Å². The van der Waals surface area contributed by atoms with Crippen LogP contribution in [-0.4, -0.2) is 36.0 Å². The van der Waals surface area contributed by atoms with E-state index in [1.165, 1.54) is 24.3 Å². The highest BCUT2D eigenvalue weighted by Crippen LogP contribution is 2.21. The summed E-state index contributed by atoms with van der Waals surface area (Å²) in [6.45, 7) is 0.526. The highest BCUT2D eigenvalue weighted by atomic mass is 19.3. The first-order valence-electron chi connectivity index (χ1n) is 8.43. The van der Waals surface area contributed by atoms with E-state index in [2.05, 4.69) is 4.74 Å². The van der Waals surface area contributed by atoms with Crippen LogP contribution >= 0.6 is 0 Å². The van der Waals surface area contributed by atoms with E-state index in [9.17, 15) is 18.4 Å². The van der Waals surface area contributed by atoms with Gasteiger partial charge >= 0.3 is 12.6 Å². The summed E-state index contributed by atoms with van der Waals surface area (Å²) in [6, 6.07) is 14.8. The molecule has 0 aliphatic rings. The van der Waals surface area contributed by atoms with Crippen molar-refractivity contribution >= 4 is 11.9 Å². The maximum atomic E-state index is 12.5. The van der Waals surface area contributed by atoms with Gasteiger partial charge in [0, 0.05) is 12.6 Å². The van der Waals surface area contributed by atoms with Crippen LogP contribution in [0, 0.1) is 0 Å². The van der Waals surface area contributed by atoms with Gasteiger partial charge in [-0.1, -0.05) is 42.5 Å². The number of nitrogens with zero attached hydrogens (tertiary/aromatic N) is 1. The van der Waals surface area contributed by atoms with Crippen molar-refractivity contribution in [2.24, 2.45) is 0 Å². The van der Waals surface area contributed by atoms with E-state index >= 15 is 0 Å². The van der Waals surface area contributed by atoms with Gasteiger partial charge in [-0.25, -0.2) is 4.79 Å². The summed E-state index contributed by atoms with van der Waals surface area (Å²) in [7, 11) is 0. The van der Waals surface area contributed by atoms with Crippen molar-refractivity contribution in [1.29, 1.82) is 0 Å². The molecule has 0 fully saturated rings. The third kappa shape index (κ3) is 6.06. The van der Waals surface area contributed by atoms with E-state index in [1.54, 1.807) is 4.90 Å². The number of alkyl halides is 2. The molecule has 0 aliphatic carbocycles. The second-order valence-corrected chi connectivity index (χ2v) is 6.05. The first-order chi connectivity index (χ1) is 12.9. The second-order valence-electron chi connectivity index (χ2n) is 6.05. The Morgan fingerprint density at radius 3 is 2.26 bits per heavy atom. The van der Waals surface area contributed by atoms with Gasteiger partial charge in [-0.15, -0.1) is 0 Å². The third-order valence-corrected chi connectivity index (χ3v) is 3.79. The number of carbonyl (C=O) groups is 2. The van der Waals surface area contributed by atoms with Crippen LogP contribution in [0.2, 0.25) is 0 Å². The fourth-order valence-corrected chi connectivity index (χ4v) is 2.46. The topological polar surface area (TPSA) is 55.8 Å². The predicted octanol–water partition coefficient (Wildman–Crippen LogP) is 3.88. The van der Waals surface area contributed by atoms with Crippen LogP contribution in [0.25, 0.3) is 0 Å². The Balaban J connectivity index is 2.01. The molecule has 144 valence electrons. The van der Waals surface area contributed by atoms with E-state index in [1.807, 2.05) is 44.2 Å². The number of esters is 1. The molecule has 27 heavy (non-hydrogen) atoms. The van der Waals surface area contributed by atoms with Gasteiger partial charge in [-0.2, -0.15) is 8.78 Å². The zero-order valence-corrected chi connectivity index (χ0v) is 15.1. The lowest BCUT2D eigenvalue weighted by atomic mass is 10.2. The van der Waals surface area contributed by atoms with Gasteiger partial charge in [-0.05, 0) is 31.5 Å². The minimum atomic E-state index is -3.07. The number of hydrogen-bond donors (Lipinski definition) is 0. The molecule has 1 amide bonds. The first kappa shape index (κ1) is 20.4. The number of ether oxygens (including phenoxy) is 2. The summed E-state index contributed by atoms with van der Waals surface area (Å²) in [5.41, 5.74) is 0.784. The zero-order chi connectivity index (χ0) is 19.8. The summed E-state index contributed by atoms with van der Waals surface area (Å²) in [4.78, 5) is 26.2. The van der Waals surface area contributed by atoms with Crippen LogP contribution < -0.4 is 4.74 Å². The first-order valence-corrected chi connectivity index (χ1v) is 8.43. The molecule has 0 heterocycles.